The summed E-state index contributed by atoms with van der Waals surface area (Å²) in [6, 6.07) is 8.49. The van der Waals surface area contributed by atoms with Crippen LogP contribution in [0.25, 0.3) is 11.0 Å². The average Bonchev–Trinajstić information content (AvgIpc) is 2.90. The van der Waals surface area contributed by atoms with E-state index < -0.39 is 0 Å². The minimum Gasteiger partial charge on any atom is -0.342 e. The highest BCUT2D eigenvalue weighted by Crippen LogP contribution is 2.31. The summed E-state index contributed by atoms with van der Waals surface area (Å²) in [6.45, 7) is 0. The summed E-state index contributed by atoms with van der Waals surface area (Å²) in [5, 5.41) is 1.48. The Labute approximate surface area is 211 Å². The molecule has 2 fully saturated rings. The molecule has 2 aliphatic carbocycles. The predicted molar refractivity (Wildman–Crippen MR) is 140 cm³/mol. The lowest BCUT2D eigenvalue weighted by atomic mass is 9.94. The molecule has 1 aromatic heterocycles. The first-order valence-electron chi connectivity index (χ1n) is 12.6. The molecule has 8 heteroatoms. The van der Waals surface area contributed by atoms with E-state index in [4.69, 9.17) is 9.97 Å². The average molecular weight is 501 g/mol. The van der Waals surface area contributed by atoms with Crippen LogP contribution in [0.3, 0.4) is 0 Å². The normalized spacial score (nSPS) is 17.6. The lowest BCUT2D eigenvalue weighted by molar-refractivity contribution is -0.130. The molecule has 184 valence electrons. The van der Waals surface area contributed by atoms with Gasteiger partial charge >= 0.3 is 0 Å². The van der Waals surface area contributed by atoms with Crippen LogP contribution in [0.4, 0.5) is 0 Å². The van der Waals surface area contributed by atoms with E-state index in [-0.39, 0.29) is 11.8 Å². The van der Waals surface area contributed by atoms with Gasteiger partial charge in [0.25, 0.3) is 0 Å². The molecule has 6 nitrogen and oxygen atoms in total. The second-order valence-corrected chi connectivity index (χ2v) is 11.4. The third-order valence-corrected chi connectivity index (χ3v) is 9.23. The quantitative estimate of drug-likeness (QED) is 0.453. The van der Waals surface area contributed by atoms with E-state index in [1.54, 1.807) is 0 Å². The summed E-state index contributed by atoms with van der Waals surface area (Å²) in [6.07, 6.45) is 11.8. The molecule has 2 aromatic rings. The zero-order valence-corrected chi connectivity index (χ0v) is 22.0. The third kappa shape index (κ3) is 6.45. The van der Waals surface area contributed by atoms with Gasteiger partial charge in [0.05, 0.1) is 22.5 Å². The van der Waals surface area contributed by atoms with Crippen LogP contribution in [-0.2, 0) is 9.59 Å². The Kier molecular flexibility index (Phi) is 9.11. The number of benzene rings is 1. The van der Waals surface area contributed by atoms with Gasteiger partial charge in [-0.25, -0.2) is 9.97 Å². The van der Waals surface area contributed by atoms with Crippen LogP contribution >= 0.6 is 23.5 Å². The van der Waals surface area contributed by atoms with Gasteiger partial charge in [0.1, 0.15) is 10.1 Å². The minimum atomic E-state index is 0.135. The molecule has 2 saturated carbocycles. The molecule has 0 radical (unpaired) electrons. The fraction of sp³-hybridized carbons (Fsp3) is 0.615. The van der Waals surface area contributed by atoms with Gasteiger partial charge in [-0.05, 0) is 37.8 Å². The maximum Gasteiger partial charge on any atom is 0.232 e. The molecular formula is C26H36N4O2S2. The van der Waals surface area contributed by atoms with Gasteiger partial charge in [-0.2, -0.15) is 0 Å². The Morgan fingerprint density at radius 3 is 1.50 bits per heavy atom. The van der Waals surface area contributed by atoms with Crippen molar-refractivity contribution in [2.24, 2.45) is 0 Å². The van der Waals surface area contributed by atoms with Crippen LogP contribution in [0.15, 0.2) is 34.3 Å². The Balaban J connectivity index is 1.43. The van der Waals surface area contributed by atoms with Crippen LogP contribution in [0.5, 0.6) is 0 Å². The number of hydrogen-bond donors (Lipinski definition) is 0. The maximum absolute atomic E-state index is 12.9. The number of aromatic nitrogens is 2. The fourth-order valence-electron chi connectivity index (χ4n) is 4.96. The van der Waals surface area contributed by atoms with E-state index in [2.05, 4.69) is 0 Å². The van der Waals surface area contributed by atoms with Gasteiger partial charge in [-0.15, -0.1) is 0 Å². The van der Waals surface area contributed by atoms with Crippen molar-refractivity contribution in [1.29, 1.82) is 0 Å². The summed E-state index contributed by atoms with van der Waals surface area (Å²) in [4.78, 5) is 39.3. The SMILES string of the molecule is CN(C(=O)CSc1nc2ccccc2nc1SCC(=O)N(C)C1CCCCC1)C1CCCCC1. The van der Waals surface area contributed by atoms with Crippen LogP contribution in [0, 0.1) is 0 Å². The van der Waals surface area contributed by atoms with E-state index in [0.29, 0.717) is 23.6 Å². The molecule has 1 heterocycles. The van der Waals surface area contributed by atoms with Gasteiger partial charge in [-0.3, -0.25) is 9.59 Å². The van der Waals surface area contributed by atoms with E-state index in [0.717, 1.165) is 46.8 Å². The first kappa shape index (κ1) is 25.3. The van der Waals surface area contributed by atoms with Crippen molar-refractivity contribution in [3.8, 4) is 0 Å². The van der Waals surface area contributed by atoms with E-state index >= 15 is 0 Å². The van der Waals surface area contributed by atoms with Crippen molar-refractivity contribution in [3.05, 3.63) is 24.3 Å². The number of amides is 2. The standard InChI is InChI=1S/C26H36N4O2S2/c1-29(19-11-5-3-6-12-19)23(31)17-33-25-26(28-22-16-10-9-15-21(22)27-25)34-18-24(32)30(2)20-13-7-4-8-14-20/h9-10,15-16,19-20H,3-8,11-14,17-18H2,1-2H3. The summed E-state index contributed by atoms with van der Waals surface area (Å²) < 4.78 is 0. The molecule has 34 heavy (non-hydrogen) atoms. The number of carbonyl (C=O) groups excluding carboxylic acids is 2. The molecule has 0 bridgehead atoms. The minimum absolute atomic E-state index is 0.135. The molecule has 2 aliphatic rings. The number of rotatable bonds is 8. The first-order valence-corrected chi connectivity index (χ1v) is 14.5. The van der Waals surface area contributed by atoms with Crippen molar-refractivity contribution < 1.29 is 9.59 Å². The zero-order chi connectivity index (χ0) is 23.9. The van der Waals surface area contributed by atoms with Crippen molar-refractivity contribution in [2.75, 3.05) is 25.6 Å². The second-order valence-electron chi connectivity index (χ2n) is 9.49. The molecule has 0 atom stereocenters. The number of para-hydroxylation sites is 2. The molecule has 4 rings (SSSR count). The molecule has 0 unspecified atom stereocenters. The predicted octanol–water partition coefficient (Wildman–Crippen LogP) is 5.40. The molecular weight excluding hydrogens is 464 g/mol. The summed E-state index contributed by atoms with van der Waals surface area (Å²) in [5.41, 5.74) is 1.63. The molecule has 2 amide bonds. The van der Waals surface area contributed by atoms with Crippen LogP contribution in [0.1, 0.15) is 64.2 Å². The van der Waals surface area contributed by atoms with E-state index in [1.807, 2.05) is 48.2 Å². The Hall–Kier alpha value is -1.80. The van der Waals surface area contributed by atoms with Crippen LogP contribution < -0.4 is 0 Å². The van der Waals surface area contributed by atoms with Gasteiger partial charge in [0.15, 0.2) is 0 Å². The number of nitrogens with zero attached hydrogens (tertiary/aromatic N) is 4. The smallest absolute Gasteiger partial charge is 0.232 e. The highest BCUT2D eigenvalue weighted by atomic mass is 32.2. The van der Waals surface area contributed by atoms with Gasteiger partial charge in [0.2, 0.25) is 11.8 Å². The highest BCUT2D eigenvalue weighted by molar-refractivity contribution is 8.02. The largest absolute Gasteiger partial charge is 0.342 e. The monoisotopic (exact) mass is 500 g/mol. The van der Waals surface area contributed by atoms with Crippen molar-refractivity contribution in [1.82, 2.24) is 19.8 Å². The van der Waals surface area contributed by atoms with Crippen LogP contribution in [0.2, 0.25) is 0 Å². The Morgan fingerprint density at radius 2 is 1.12 bits per heavy atom. The fourth-order valence-corrected chi connectivity index (χ4v) is 6.91. The molecule has 0 spiro atoms. The lowest BCUT2D eigenvalue weighted by Gasteiger charge is -2.31. The topological polar surface area (TPSA) is 66.4 Å². The van der Waals surface area contributed by atoms with Crippen molar-refractivity contribution >= 4 is 46.4 Å². The van der Waals surface area contributed by atoms with Crippen LogP contribution in [-0.4, -0.2) is 69.3 Å². The Morgan fingerprint density at radius 1 is 0.735 bits per heavy atom. The summed E-state index contributed by atoms with van der Waals surface area (Å²) >= 11 is 2.88. The number of carbonyl (C=O) groups is 2. The maximum atomic E-state index is 12.9. The number of hydrogen-bond acceptors (Lipinski definition) is 6. The number of fused-ring (bicyclic) bond motifs is 1. The summed E-state index contributed by atoms with van der Waals surface area (Å²) in [5.74, 6) is 0.944. The first-order chi connectivity index (χ1) is 16.5. The molecule has 0 N–H and O–H groups in total. The van der Waals surface area contributed by atoms with Gasteiger partial charge < -0.3 is 9.80 Å². The highest BCUT2D eigenvalue weighted by Gasteiger charge is 2.24. The molecule has 0 aliphatic heterocycles. The Bertz CT molecular complexity index is 911. The van der Waals surface area contributed by atoms with Crippen molar-refractivity contribution in [2.45, 2.75) is 86.3 Å². The third-order valence-electron chi connectivity index (χ3n) is 7.21. The van der Waals surface area contributed by atoms with E-state index in [9.17, 15) is 9.59 Å². The lowest BCUT2D eigenvalue weighted by Crippen LogP contribution is -2.39. The van der Waals surface area contributed by atoms with Crippen molar-refractivity contribution in [3.63, 3.8) is 0 Å². The van der Waals surface area contributed by atoms with Gasteiger partial charge in [0, 0.05) is 26.2 Å². The zero-order valence-electron chi connectivity index (χ0n) is 20.4. The molecule has 1 aromatic carbocycles. The second kappa shape index (κ2) is 12.2. The molecule has 0 saturated heterocycles. The summed E-state index contributed by atoms with van der Waals surface area (Å²) in [7, 11) is 3.86. The number of thioether (sulfide) groups is 2. The van der Waals surface area contributed by atoms with E-state index in [1.165, 1.54) is 62.0 Å². The van der Waals surface area contributed by atoms with Gasteiger partial charge in [-0.1, -0.05) is 74.2 Å².